The molecule has 158 valence electrons. The lowest BCUT2D eigenvalue weighted by molar-refractivity contribution is 0.0394. The first-order valence-electron chi connectivity index (χ1n) is 10.7. The van der Waals surface area contributed by atoms with Crippen LogP contribution in [0.5, 0.6) is 0 Å². The summed E-state index contributed by atoms with van der Waals surface area (Å²) in [6, 6.07) is 4.00. The van der Waals surface area contributed by atoms with Gasteiger partial charge in [-0.2, -0.15) is 0 Å². The van der Waals surface area contributed by atoms with E-state index in [4.69, 9.17) is 14.1 Å². The van der Waals surface area contributed by atoms with Gasteiger partial charge < -0.3 is 19.4 Å². The Bertz CT molecular complexity index is 575. The van der Waals surface area contributed by atoms with Crippen LogP contribution in [-0.4, -0.2) is 74.8 Å². The number of aliphatic imine (C=N–C) groups is 1. The Hall–Kier alpha value is -0.800. The van der Waals surface area contributed by atoms with Crippen molar-refractivity contribution in [3.63, 3.8) is 0 Å². The molecule has 6 nitrogen and oxygen atoms in total. The van der Waals surface area contributed by atoms with Gasteiger partial charge in [0.15, 0.2) is 5.96 Å². The second kappa shape index (κ2) is 11.4. The van der Waals surface area contributed by atoms with Gasteiger partial charge in [0.2, 0.25) is 0 Å². The van der Waals surface area contributed by atoms with Crippen LogP contribution in [0.4, 0.5) is 0 Å². The molecule has 2 saturated heterocycles. The van der Waals surface area contributed by atoms with E-state index in [9.17, 15) is 0 Å². The van der Waals surface area contributed by atoms with Crippen molar-refractivity contribution in [3.8, 4) is 0 Å². The minimum atomic E-state index is 0. The van der Waals surface area contributed by atoms with Crippen molar-refractivity contribution >= 4 is 29.9 Å². The molecule has 7 heteroatoms. The minimum absolute atomic E-state index is 0. The number of rotatable bonds is 6. The minimum Gasteiger partial charge on any atom is -0.469 e. The summed E-state index contributed by atoms with van der Waals surface area (Å²) in [6.07, 6.45) is 8.26. The molecule has 2 unspecified atom stereocenters. The molecule has 3 aliphatic rings. The van der Waals surface area contributed by atoms with Crippen LogP contribution in [0.25, 0.3) is 0 Å². The number of furan rings is 1. The van der Waals surface area contributed by atoms with E-state index in [0.29, 0.717) is 0 Å². The van der Waals surface area contributed by atoms with Crippen molar-refractivity contribution in [1.29, 1.82) is 0 Å². The second-order valence-electron chi connectivity index (χ2n) is 8.13. The van der Waals surface area contributed by atoms with Crippen LogP contribution in [-0.2, 0) is 11.2 Å². The van der Waals surface area contributed by atoms with Gasteiger partial charge in [-0.25, -0.2) is 0 Å². The van der Waals surface area contributed by atoms with Crippen LogP contribution in [0.2, 0.25) is 0 Å². The summed E-state index contributed by atoms with van der Waals surface area (Å²) in [5.74, 6) is 3.87. The molecule has 1 aromatic heterocycles. The van der Waals surface area contributed by atoms with Crippen LogP contribution in [0, 0.1) is 11.8 Å². The van der Waals surface area contributed by atoms with Gasteiger partial charge in [-0.1, -0.05) is 12.8 Å². The lowest BCUT2D eigenvalue weighted by Crippen LogP contribution is -2.42. The highest BCUT2D eigenvalue weighted by atomic mass is 127. The van der Waals surface area contributed by atoms with E-state index in [0.717, 1.165) is 75.9 Å². The average Bonchev–Trinajstić information content (AvgIpc) is 3.37. The molecule has 1 aromatic rings. The molecule has 1 saturated carbocycles. The Morgan fingerprint density at radius 1 is 1.14 bits per heavy atom. The largest absolute Gasteiger partial charge is 0.469 e. The Kier molecular flexibility index (Phi) is 8.92. The van der Waals surface area contributed by atoms with Gasteiger partial charge in [0.25, 0.3) is 0 Å². The van der Waals surface area contributed by atoms with Gasteiger partial charge in [0.05, 0.1) is 26.0 Å². The molecule has 4 rings (SSSR count). The van der Waals surface area contributed by atoms with Crippen molar-refractivity contribution < 1.29 is 9.15 Å². The molecule has 1 N–H and O–H groups in total. The van der Waals surface area contributed by atoms with Crippen molar-refractivity contribution in [2.45, 2.75) is 32.1 Å². The van der Waals surface area contributed by atoms with E-state index in [1.165, 1.54) is 38.8 Å². The van der Waals surface area contributed by atoms with Gasteiger partial charge in [-0.3, -0.25) is 9.89 Å². The maximum Gasteiger partial charge on any atom is 0.194 e. The highest BCUT2D eigenvalue weighted by Crippen LogP contribution is 2.35. The summed E-state index contributed by atoms with van der Waals surface area (Å²) in [6.45, 7) is 8.87. The molecule has 0 spiro atoms. The van der Waals surface area contributed by atoms with Gasteiger partial charge in [-0.15, -0.1) is 24.0 Å². The average molecular weight is 502 g/mol. The third kappa shape index (κ3) is 6.10. The van der Waals surface area contributed by atoms with E-state index in [1.807, 2.05) is 12.1 Å². The molecule has 1 aliphatic carbocycles. The summed E-state index contributed by atoms with van der Waals surface area (Å²) in [7, 11) is 0. The molecule has 0 radical (unpaired) electrons. The highest BCUT2D eigenvalue weighted by Gasteiger charge is 2.35. The lowest BCUT2D eigenvalue weighted by atomic mass is 9.82. The third-order valence-corrected chi connectivity index (χ3v) is 6.29. The zero-order chi connectivity index (χ0) is 18.3. The Labute approximate surface area is 186 Å². The SMILES string of the molecule is I.c1coc(CCNC(=NCCN2CCOCC2)N2CC3CCCCC3C2)c1. The quantitative estimate of drug-likeness (QED) is 0.369. The van der Waals surface area contributed by atoms with E-state index >= 15 is 0 Å². The Morgan fingerprint density at radius 3 is 2.57 bits per heavy atom. The normalized spacial score (nSPS) is 26.0. The van der Waals surface area contributed by atoms with Crippen LogP contribution in [0.15, 0.2) is 27.8 Å². The van der Waals surface area contributed by atoms with Crippen molar-refractivity contribution in [1.82, 2.24) is 15.1 Å². The van der Waals surface area contributed by atoms with Gasteiger partial charge in [0.1, 0.15) is 5.76 Å². The van der Waals surface area contributed by atoms with Gasteiger partial charge in [0, 0.05) is 45.7 Å². The lowest BCUT2D eigenvalue weighted by Gasteiger charge is -2.26. The van der Waals surface area contributed by atoms with Crippen LogP contribution < -0.4 is 5.32 Å². The number of likely N-dealkylation sites (tertiary alicyclic amines) is 1. The smallest absolute Gasteiger partial charge is 0.194 e. The molecule has 0 amide bonds. The van der Waals surface area contributed by atoms with Crippen molar-refractivity contribution in [2.75, 3.05) is 59.0 Å². The second-order valence-corrected chi connectivity index (χ2v) is 8.13. The number of hydrogen-bond acceptors (Lipinski definition) is 4. The molecule has 3 heterocycles. The van der Waals surface area contributed by atoms with Crippen molar-refractivity contribution in [2.24, 2.45) is 16.8 Å². The van der Waals surface area contributed by atoms with Crippen LogP contribution in [0.1, 0.15) is 31.4 Å². The maximum atomic E-state index is 5.47. The molecule has 2 atom stereocenters. The fraction of sp³-hybridized carbons (Fsp3) is 0.762. The molecule has 0 aromatic carbocycles. The monoisotopic (exact) mass is 502 g/mol. The fourth-order valence-electron chi connectivity index (χ4n) is 4.72. The highest BCUT2D eigenvalue weighted by molar-refractivity contribution is 14.0. The molecule has 28 heavy (non-hydrogen) atoms. The Balaban J connectivity index is 0.00000225. The molecule has 0 bridgehead atoms. The summed E-state index contributed by atoms with van der Waals surface area (Å²) in [4.78, 5) is 9.97. The standard InChI is InChI=1S/C21H34N4O2.HI/c1-2-5-19-17-25(16-18(19)4-1)21(22-8-7-20-6-3-13-27-20)23-9-10-24-11-14-26-15-12-24;/h3,6,13,18-19H,1-2,4-5,7-12,14-17H2,(H,22,23);1H. The topological polar surface area (TPSA) is 53.2 Å². The number of hydrogen-bond donors (Lipinski definition) is 1. The zero-order valence-electron chi connectivity index (χ0n) is 16.9. The number of halogens is 1. The maximum absolute atomic E-state index is 5.47. The Morgan fingerprint density at radius 2 is 1.89 bits per heavy atom. The summed E-state index contributed by atoms with van der Waals surface area (Å²) >= 11 is 0. The number of morpholine rings is 1. The molecular weight excluding hydrogens is 467 g/mol. The summed E-state index contributed by atoms with van der Waals surface area (Å²) in [5, 5.41) is 3.62. The first-order chi connectivity index (χ1) is 13.4. The van der Waals surface area contributed by atoms with Crippen LogP contribution >= 0.6 is 24.0 Å². The van der Waals surface area contributed by atoms with E-state index in [-0.39, 0.29) is 24.0 Å². The molecular formula is C21H35IN4O2. The van der Waals surface area contributed by atoms with E-state index < -0.39 is 0 Å². The van der Waals surface area contributed by atoms with Crippen molar-refractivity contribution in [3.05, 3.63) is 24.2 Å². The first kappa shape index (κ1) is 21.9. The number of fused-ring (bicyclic) bond motifs is 1. The predicted octanol–water partition coefficient (Wildman–Crippen LogP) is 2.84. The van der Waals surface area contributed by atoms with Gasteiger partial charge >= 0.3 is 0 Å². The summed E-state index contributed by atoms with van der Waals surface area (Å²) < 4.78 is 10.9. The number of guanidine groups is 1. The number of ether oxygens (including phenoxy) is 1. The van der Waals surface area contributed by atoms with Crippen LogP contribution in [0.3, 0.4) is 0 Å². The first-order valence-corrected chi connectivity index (χ1v) is 10.7. The number of nitrogens with zero attached hydrogens (tertiary/aromatic N) is 3. The van der Waals surface area contributed by atoms with Gasteiger partial charge in [-0.05, 0) is 36.8 Å². The van der Waals surface area contributed by atoms with E-state index in [2.05, 4.69) is 15.1 Å². The molecule has 3 fully saturated rings. The summed E-state index contributed by atoms with van der Waals surface area (Å²) in [5.41, 5.74) is 0. The molecule has 2 aliphatic heterocycles. The number of nitrogens with one attached hydrogen (secondary N) is 1. The van der Waals surface area contributed by atoms with E-state index in [1.54, 1.807) is 6.26 Å². The predicted molar refractivity (Wildman–Crippen MR) is 122 cm³/mol. The third-order valence-electron chi connectivity index (χ3n) is 6.29. The fourth-order valence-corrected chi connectivity index (χ4v) is 4.72. The zero-order valence-corrected chi connectivity index (χ0v) is 19.2.